The maximum atomic E-state index is 13.0. The predicted molar refractivity (Wildman–Crippen MR) is 57.8 cm³/mol. The van der Waals surface area contributed by atoms with Crippen molar-refractivity contribution in [2.45, 2.75) is 19.3 Å². The Morgan fingerprint density at radius 1 is 1.53 bits per heavy atom. The summed E-state index contributed by atoms with van der Waals surface area (Å²) in [4.78, 5) is 11.6. The lowest BCUT2D eigenvalue weighted by molar-refractivity contribution is 0.0981. The average molecular weight is 205 g/mol. The van der Waals surface area contributed by atoms with Crippen LogP contribution in [0.5, 0.6) is 0 Å². The predicted octanol–water partition coefficient (Wildman–Crippen LogP) is 2.39. The second kappa shape index (κ2) is 5.16. The van der Waals surface area contributed by atoms with E-state index in [4.69, 9.17) is 12.2 Å². The molecule has 78 valence electrons. The third-order valence-corrected chi connectivity index (χ3v) is 2.08. The Morgan fingerprint density at radius 2 is 2.27 bits per heavy atom. The summed E-state index contributed by atoms with van der Waals surface area (Å²) in [6.45, 7) is 0. The first-order valence-corrected chi connectivity index (χ1v) is 4.67. The van der Waals surface area contributed by atoms with Gasteiger partial charge >= 0.3 is 0 Å². The number of hydrogen-bond acceptors (Lipinski definition) is 2. The maximum absolute atomic E-state index is 13.0. The van der Waals surface area contributed by atoms with Gasteiger partial charge in [-0.25, -0.2) is 4.39 Å². The molecule has 0 radical (unpaired) electrons. The molecule has 0 bridgehead atoms. The van der Waals surface area contributed by atoms with Gasteiger partial charge in [-0.1, -0.05) is 6.07 Å². The Labute approximate surface area is 88.3 Å². The van der Waals surface area contributed by atoms with Gasteiger partial charge in [-0.3, -0.25) is 4.79 Å². The first kappa shape index (κ1) is 11.3. The van der Waals surface area contributed by atoms with Gasteiger partial charge in [-0.15, -0.1) is 12.3 Å². The normalized spacial score (nSPS) is 9.60. The van der Waals surface area contributed by atoms with Crippen LogP contribution < -0.4 is 5.73 Å². The maximum Gasteiger partial charge on any atom is 0.165 e. The van der Waals surface area contributed by atoms with Crippen molar-refractivity contribution in [3.8, 4) is 12.3 Å². The molecule has 0 unspecified atom stereocenters. The highest BCUT2D eigenvalue weighted by molar-refractivity contribution is 6.00. The molecule has 2 nitrogen and oxygen atoms in total. The molecule has 2 N–H and O–H groups in total. The van der Waals surface area contributed by atoms with Crippen molar-refractivity contribution < 1.29 is 9.18 Å². The van der Waals surface area contributed by atoms with Crippen LogP contribution in [0.2, 0.25) is 0 Å². The fraction of sp³-hybridized carbons (Fsp3) is 0.250. The summed E-state index contributed by atoms with van der Waals surface area (Å²) in [5.74, 6) is 1.72. The number of anilines is 1. The van der Waals surface area contributed by atoms with E-state index in [1.807, 2.05) is 0 Å². The van der Waals surface area contributed by atoms with E-state index >= 15 is 0 Å². The Morgan fingerprint density at radius 3 is 2.93 bits per heavy atom. The lowest BCUT2D eigenvalue weighted by Crippen LogP contribution is -2.05. The number of unbranched alkanes of at least 4 members (excludes halogenated alkanes) is 1. The molecule has 0 saturated carbocycles. The minimum atomic E-state index is -0.558. The highest BCUT2D eigenvalue weighted by Crippen LogP contribution is 2.18. The largest absolute Gasteiger partial charge is 0.396 e. The number of ketones is 1. The van der Waals surface area contributed by atoms with Crippen molar-refractivity contribution in [2.75, 3.05) is 5.73 Å². The average Bonchev–Trinajstić information content (AvgIpc) is 2.22. The summed E-state index contributed by atoms with van der Waals surface area (Å²) in [5, 5.41) is 0. The molecule has 1 aromatic carbocycles. The van der Waals surface area contributed by atoms with E-state index in [9.17, 15) is 9.18 Å². The summed E-state index contributed by atoms with van der Waals surface area (Å²) in [6, 6.07) is 4.23. The van der Waals surface area contributed by atoms with Crippen LogP contribution >= 0.6 is 0 Å². The van der Waals surface area contributed by atoms with Gasteiger partial charge in [0.1, 0.15) is 5.82 Å². The number of para-hydroxylation sites is 1. The zero-order chi connectivity index (χ0) is 11.3. The lowest BCUT2D eigenvalue weighted by atomic mass is 10.0. The van der Waals surface area contributed by atoms with Crippen LogP contribution in [0.4, 0.5) is 10.1 Å². The van der Waals surface area contributed by atoms with E-state index in [0.29, 0.717) is 19.3 Å². The first-order valence-electron chi connectivity index (χ1n) is 4.67. The quantitative estimate of drug-likeness (QED) is 0.355. The topological polar surface area (TPSA) is 43.1 Å². The van der Waals surface area contributed by atoms with Gasteiger partial charge in [0.25, 0.3) is 0 Å². The molecule has 1 rings (SSSR count). The Hall–Kier alpha value is -1.82. The Kier molecular flexibility index (Phi) is 3.87. The summed E-state index contributed by atoms with van der Waals surface area (Å²) < 4.78 is 13.0. The van der Waals surface area contributed by atoms with Crippen LogP contribution in [0.25, 0.3) is 0 Å². The summed E-state index contributed by atoms with van der Waals surface area (Å²) in [7, 11) is 0. The van der Waals surface area contributed by atoms with Crippen LogP contribution in [0, 0.1) is 18.2 Å². The van der Waals surface area contributed by atoms with Crippen molar-refractivity contribution in [3.63, 3.8) is 0 Å². The molecule has 0 amide bonds. The smallest absolute Gasteiger partial charge is 0.165 e. The summed E-state index contributed by atoms with van der Waals surface area (Å²) in [6.07, 6.45) is 6.51. The molecule has 0 fully saturated rings. The van der Waals surface area contributed by atoms with Gasteiger partial charge in [-0.05, 0) is 18.6 Å². The number of nitrogens with two attached hydrogens (primary N) is 1. The molecule has 0 aliphatic rings. The Bertz CT molecular complexity index is 407. The molecule has 0 atom stereocenters. The van der Waals surface area contributed by atoms with Crippen molar-refractivity contribution in [1.82, 2.24) is 0 Å². The number of carbonyl (C=O) groups is 1. The van der Waals surface area contributed by atoms with Crippen LogP contribution in [0.3, 0.4) is 0 Å². The van der Waals surface area contributed by atoms with Crippen LogP contribution in [0.15, 0.2) is 18.2 Å². The second-order valence-corrected chi connectivity index (χ2v) is 3.18. The second-order valence-electron chi connectivity index (χ2n) is 3.18. The molecule has 0 spiro atoms. The van der Waals surface area contributed by atoms with Gasteiger partial charge < -0.3 is 5.73 Å². The fourth-order valence-corrected chi connectivity index (χ4v) is 1.27. The number of terminal acetylenes is 1. The number of Topliss-reactive ketones (excluding diaryl/α,β-unsaturated/α-hetero) is 1. The van der Waals surface area contributed by atoms with Crippen molar-refractivity contribution in [2.24, 2.45) is 0 Å². The minimum absolute atomic E-state index is 0.0804. The number of benzene rings is 1. The number of rotatable bonds is 4. The number of hydrogen-bond donors (Lipinski definition) is 1. The molecule has 0 aromatic heterocycles. The molecule has 0 aliphatic carbocycles. The number of carbonyl (C=O) groups excluding carboxylic acids is 1. The van der Waals surface area contributed by atoms with Gasteiger partial charge in [-0.2, -0.15) is 0 Å². The molecule has 0 saturated heterocycles. The molecule has 3 heteroatoms. The SMILES string of the molecule is C#CCCCC(=O)c1cccc(F)c1N. The number of nitrogen functional groups attached to an aromatic ring is 1. The van der Waals surface area contributed by atoms with E-state index < -0.39 is 5.82 Å². The standard InChI is InChI=1S/C12H12FNO/c1-2-3-4-8-11(15)9-6-5-7-10(13)12(9)14/h1,5-7H,3-4,8,14H2. The molecule has 0 heterocycles. The zero-order valence-corrected chi connectivity index (χ0v) is 8.29. The van der Waals surface area contributed by atoms with Crippen molar-refractivity contribution >= 4 is 11.5 Å². The van der Waals surface area contributed by atoms with Crippen LogP contribution in [-0.2, 0) is 0 Å². The highest BCUT2D eigenvalue weighted by atomic mass is 19.1. The minimum Gasteiger partial charge on any atom is -0.396 e. The van der Waals surface area contributed by atoms with E-state index in [1.54, 1.807) is 0 Å². The van der Waals surface area contributed by atoms with E-state index in [2.05, 4.69) is 5.92 Å². The lowest BCUT2D eigenvalue weighted by Gasteiger charge is -2.04. The summed E-state index contributed by atoms with van der Waals surface area (Å²) in [5.41, 5.74) is 5.61. The van der Waals surface area contributed by atoms with Crippen molar-refractivity contribution in [1.29, 1.82) is 0 Å². The first-order chi connectivity index (χ1) is 7.16. The van der Waals surface area contributed by atoms with Gasteiger partial charge in [0.05, 0.1) is 5.69 Å². The van der Waals surface area contributed by atoms with Gasteiger partial charge in [0, 0.05) is 18.4 Å². The third-order valence-electron chi connectivity index (χ3n) is 2.08. The van der Waals surface area contributed by atoms with E-state index in [0.717, 1.165) is 0 Å². The van der Waals surface area contributed by atoms with Crippen LogP contribution in [-0.4, -0.2) is 5.78 Å². The molecule has 1 aromatic rings. The van der Waals surface area contributed by atoms with Crippen LogP contribution in [0.1, 0.15) is 29.6 Å². The highest BCUT2D eigenvalue weighted by Gasteiger charge is 2.11. The van der Waals surface area contributed by atoms with E-state index in [1.165, 1.54) is 18.2 Å². The third kappa shape index (κ3) is 2.81. The Balaban J connectivity index is 2.75. The van der Waals surface area contributed by atoms with Gasteiger partial charge in [0.15, 0.2) is 5.78 Å². The van der Waals surface area contributed by atoms with E-state index in [-0.39, 0.29) is 17.0 Å². The fourth-order valence-electron chi connectivity index (χ4n) is 1.27. The molecular weight excluding hydrogens is 193 g/mol. The van der Waals surface area contributed by atoms with Gasteiger partial charge in [0.2, 0.25) is 0 Å². The number of halogens is 1. The van der Waals surface area contributed by atoms with Crippen molar-refractivity contribution in [3.05, 3.63) is 29.6 Å². The summed E-state index contributed by atoms with van der Waals surface area (Å²) >= 11 is 0. The molecule has 15 heavy (non-hydrogen) atoms. The molecular formula is C12H12FNO. The zero-order valence-electron chi connectivity index (χ0n) is 8.29. The molecule has 0 aliphatic heterocycles. The monoisotopic (exact) mass is 205 g/mol.